The van der Waals surface area contributed by atoms with Crippen molar-refractivity contribution in [2.24, 2.45) is 5.73 Å². The Morgan fingerprint density at radius 3 is 1.59 bits per heavy atom. The highest BCUT2D eigenvalue weighted by Gasteiger charge is 2.27. The van der Waals surface area contributed by atoms with Crippen molar-refractivity contribution in [1.82, 2.24) is 16.0 Å². The van der Waals surface area contributed by atoms with Gasteiger partial charge in [-0.3, -0.25) is 28.8 Å². The Bertz CT molecular complexity index is 740. The van der Waals surface area contributed by atoms with Gasteiger partial charge in [-0.25, -0.2) is 4.79 Å². The van der Waals surface area contributed by atoms with Gasteiger partial charge in [0, 0.05) is 19.3 Å². The Balaban J connectivity index is 4.96. The molecule has 180 valence electrons. The van der Waals surface area contributed by atoms with E-state index in [4.69, 9.17) is 26.2 Å². The number of hydrogen-bond acceptors (Lipinski definition) is 8. The zero-order valence-corrected chi connectivity index (χ0v) is 16.9. The molecule has 0 saturated heterocycles. The summed E-state index contributed by atoms with van der Waals surface area (Å²) in [4.78, 5) is 79.3. The summed E-state index contributed by atoms with van der Waals surface area (Å²) in [5, 5.41) is 41.5. The second kappa shape index (κ2) is 14.3. The molecular weight excluding hydrogens is 436 g/mol. The lowest BCUT2D eigenvalue weighted by molar-refractivity contribution is -0.144. The van der Waals surface area contributed by atoms with E-state index in [1.54, 1.807) is 0 Å². The Kier molecular flexibility index (Phi) is 12.6. The van der Waals surface area contributed by atoms with Crippen LogP contribution in [0.4, 0.5) is 0 Å². The average molecular weight is 462 g/mol. The number of amides is 3. The number of nitrogens with two attached hydrogens (primary N) is 1. The molecule has 0 fully saturated rings. The molecule has 0 aliphatic heterocycles. The maximum absolute atomic E-state index is 12.4. The number of aliphatic carboxylic acids is 4. The highest BCUT2D eigenvalue weighted by Crippen LogP contribution is 2.03. The van der Waals surface area contributed by atoms with Gasteiger partial charge in [-0.05, 0) is 19.3 Å². The molecule has 9 N–H and O–H groups in total. The Hall–Kier alpha value is -3.75. The molecule has 0 spiro atoms. The van der Waals surface area contributed by atoms with Gasteiger partial charge < -0.3 is 42.1 Å². The molecule has 0 radical (unpaired) electrons. The first kappa shape index (κ1) is 28.2. The van der Waals surface area contributed by atoms with Crippen molar-refractivity contribution in [3.63, 3.8) is 0 Å². The van der Waals surface area contributed by atoms with Crippen LogP contribution in [0.2, 0.25) is 0 Å². The standard InChI is InChI=1S/C17H26N4O11/c18-8(1-4-12(23)24)15(29)19-7-11(22)20-9(2-5-13(25)26)16(30)21-10(17(31)32)3-6-14(27)28/h8-10H,1-7,18H2,(H,19,29)(H,20,22)(H,21,30)(H,23,24)(H,25,26)(H,27,28)(H,31,32). The fraction of sp³-hybridized carbons (Fsp3) is 0.588. The fourth-order valence-electron chi connectivity index (χ4n) is 2.29. The molecule has 0 aliphatic rings. The van der Waals surface area contributed by atoms with Crippen LogP contribution in [0.5, 0.6) is 0 Å². The molecule has 0 saturated carbocycles. The summed E-state index contributed by atoms with van der Waals surface area (Å²) in [5.74, 6) is -8.08. The minimum absolute atomic E-state index is 0.181. The molecular formula is C17H26N4O11. The number of nitrogens with one attached hydrogen (secondary N) is 3. The smallest absolute Gasteiger partial charge is 0.326 e. The van der Waals surface area contributed by atoms with Crippen molar-refractivity contribution in [3.8, 4) is 0 Å². The summed E-state index contributed by atoms with van der Waals surface area (Å²) in [6.07, 6.45) is -2.52. The van der Waals surface area contributed by atoms with Gasteiger partial charge in [0.25, 0.3) is 0 Å². The van der Waals surface area contributed by atoms with Crippen LogP contribution in [0.3, 0.4) is 0 Å². The van der Waals surface area contributed by atoms with Gasteiger partial charge in [-0.15, -0.1) is 0 Å². The minimum atomic E-state index is -1.59. The third kappa shape index (κ3) is 12.7. The van der Waals surface area contributed by atoms with Crippen LogP contribution in [-0.4, -0.2) is 86.7 Å². The molecule has 3 unspecified atom stereocenters. The van der Waals surface area contributed by atoms with E-state index in [1.165, 1.54) is 0 Å². The second-order valence-corrected chi connectivity index (χ2v) is 6.64. The first-order chi connectivity index (χ1) is 14.8. The summed E-state index contributed by atoms with van der Waals surface area (Å²) < 4.78 is 0. The van der Waals surface area contributed by atoms with Gasteiger partial charge >= 0.3 is 23.9 Å². The van der Waals surface area contributed by atoms with Gasteiger partial charge in [0.1, 0.15) is 12.1 Å². The van der Waals surface area contributed by atoms with E-state index in [-0.39, 0.29) is 12.8 Å². The van der Waals surface area contributed by atoms with Crippen LogP contribution >= 0.6 is 0 Å². The zero-order valence-electron chi connectivity index (χ0n) is 16.9. The number of carboxylic acid groups (broad SMARTS) is 4. The first-order valence-corrected chi connectivity index (χ1v) is 9.34. The predicted octanol–water partition coefficient (Wildman–Crippen LogP) is -2.92. The molecule has 0 aromatic carbocycles. The summed E-state index contributed by atoms with van der Waals surface area (Å²) in [6, 6.07) is -4.27. The van der Waals surface area contributed by atoms with Gasteiger partial charge in [-0.1, -0.05) is 0 Å². The third-order valence-corrected chi connectivity index (χ3v) is 3.99. The summed E-state index contributed by atoms with van der Waals surface area (Å²) >= 11 is 0. The Morgan fingerprint density at radius 1 is 0.656 bits per heavy atom. The predicted molar refractivity (Wildman–Crippen MR) is 103 cm³/mol. The summed E-state index contributed by atoms with van der Waals surface area (Å²) in [5.41, 5.74) is 5.48. The largest absolute Gasteiger partial charge is 0.481 e. The molecule has 32 heavy (non-hydrogen) atoms. The van der Waals surface area contributed by atoms with E-state index in [2.05, 4.69) is 10.6 Å². The van der Waals surface area contributed by atoms with Crippen molar-refractivity contribution in [2.75, 3.05) is 6.54 Å². The van der Waals surface area contributed by atoms with Crippen molar-refractivity contribution in [2.45, 2.75) is 56.7 Å². The quantitative estimate of drug-likeness (QED) is 0.115. The van der Waals surface area contributed by atoms with Crippen LogP contribution < -0.4 is 21.7 Å². The molecule has 0 rings (SSSR count). The Labute approximate surface area is 181 Å². The van der Waals surface area contributed by atoms with E-state index in [0.717, 1.165) is 0 Å². The average Bonchev–Trinajstić information content (AvgIpc) is 2.69. The molecule has 15 nitrogen and oxygen atoms in total. The first-order valence-electron chi connectivity index (χ1n) is 9.34. The van der Waals surface area contributed by atoms with E-state index in [9.17, 15) is 33.6 Å². The normalized spacial score (nSPS) is 13.2. The van der Waals surface area contributed by atoms with Gasteiger partial charge in [0.2, 0.25) is 17.7 Å². The maximum atomic E-state index is 12.4. The molecule has 0 aromatic rings. The lowest BCUT2D eigenvalue weighted by Gasteiger charge is -2.21. The Morgan fingerprint density at radius 2 is 1.12 bits per heavy atom. The van der Waals surface area contributed by atoms with Crippen molar-refractivity contribution in [1.29, 1.82) is 0 Å². The molecule has 0 aromatic heterocycles. The second-order valence-electron chi connectivity index (χ2n) is 6.64. The maximum Gasteiger partial charge on any atom is 0.326 e. The van der Waals surface area contributed by atoms with Gasteiger partial charge in [0.05, 0.1) is 12.6 Å². The fourth-order valence-corrected chi connectivity index (χ4v) is 2.29. The zero-order chi connectivity index (χ0) is 24.8. The van der Waals surface area contributed by atoms with Crippen LogP contribution in [0.25, 0.3) is 0 Å². The number of carbonyl (C=O) groups excluding carboxylic acids is 3. The van der Waals surface area contributed by atoms with Crippen LogP contribution in [0.15, 0.2) is 0 Å². The lowest BCUT2D eigenvalue weighted by Crippen LogP contribution is -2.53. The van der Waals surface area contributed by atoms with Gasteiger partial charge in [-0.2, -0.15) is 0 Å². The van der Waals surface area contributed by atoms with E-state index in [1.807, 2.05) is 5.32 Å². The van der Waals surface area contributed by atoms with E-state index >= 15 is 0 Å². The van der Waals surface area contributed by atoms with Crippen molar-refractivity contribution < 1.29 is 54.0 Å². The summed E-state index contributed by atoms with van der Waals surface area (Å²) in [6.45, 7) is -0.669. The number of carboxylic acids is 4. The van der Waals surface area contributed by atoms with E-state index < -0.39 is 92.0 Å². The number of carbonyl (C=O) groups is 7. The third-order valence-electron chi connectivity index (χ3n) is 3.99. The monoisotopic (exact) mass is 462 g/mol. The molecule has 3 atom stereocenters. The minimum Gasteiger partial charge on any atom is -0.481 e. The van der Waals surface area contributed by atoms with Crippen LogP contribution in [0, 0.1) is 0 Å². The summed E-state index contributed by atoms with van der Waals surface area (Å²) in [7, 11) is 0. The number of hydrogen-bond donors (Lipinski definition) is 8. The molecule has 15 heteroatoms. The topological polar surface area (TPSA) is 263 Å². The molecule has 0 heterocycles. The molecule has 0 bridgehead atoms. The highest BCUT2D eigenvalue weighted by molar-refractivity contribution is 5.92. The highest BCUT2D eigenvalue weighted by atomic mass is 16.4. The number of rotatable bonds is 16. The van der Waals surface area contributed by atoms with Crippen molar-refractivity contribution >= 4 is 41.6 Å². The molecule has 3 amide bonds. The molecule has 0 aliphatic carbocycles. The van der Waals surface area contributed by atoms with Crippen molar-refractivity contribution in [3.05, 3.63) is 0 Å². The SMILES string of the molecule is NC(CCC(=O)O)C(=O)NCC(=O)NC(CCC(=O)O)C(=O)NC(CCC(=O)O)C(=O)O. The van der Waals surface area contributed by atoms with Gasteiger partial charge in [0.15, 0.2) is 0 Å². The van der Waals surface area contributed by atoms with Crippen LogP contribution in [0.1, 0.15) is 38.5 Å². The lowest BCUT2D eigenvalue weighted by atomic mass is 10.1. The van der Waals surface area contributed by atoms with Crippen LogP contribution in [-0.2, 0) is 33.6 Å². The van der Waals surface area contributed by atoms with E-state index in [0.29, 0.717) is 0 Å².